The fraction of sp³-hybridized carbons (Fsp3) is 0.385. The quantitative estimate of drug-likeness (QED) is 0.460. The molecule has 98 valence electrons. The van der Waals surface area contributed by atoms with E-state index in [0.717, 1.165) is 4.47 Å². The topological polar surface area (TPSA) is 52.6 Å². The summed E-state index contributed by atoms with van der Waals surface area (Å²) in [6.45, 7) is 1.86. The number of carbonyl (C=O) groups is 2. The number of benzene rings is 1. The van der Waals surface area contributed by atoms with Gasteiger partial charge in [-0.2, -0.15) is 0 Å². The van der Waals surface area contributed by atoms with Gasteiger partial charge in [0, 0.05) is 10.9 Å². The van der Waals surface area contributed by atoms with Gasteiger partial charge in [-0.25, -0.2) is 0 Å². The molecule has 0 bridgehead atoms. The van der Waals surface area contributed by atoms with E-state index in [4.69, 9.17) is 4.74 Å². The van der Waals surface area contributed by atoms with Crippen LogP contribution in [-0.2, 0) is 9.53 Å². The van der Waals surface area contributed by atoms with Gasteiger partial charge in [-0.1, -0.05) is 15.9 Å². The van der Waals surface area contributed by atoms with E-state index < -0.39 is 0 Å². The minimum Gasteiger partial charge on any atom is -0.493 e. The van der Waals surface area contributed by atoms with Gasteiger partial charge in [-0.15, -0.1) is 0 Å². The monoisotopic (exact) mass is 314 g/mol. The first kappa shape index (κ1) is 14.7. The lowest BCUT2D eigenvalue weighted by Gasteiger charge is -2.09. The Bertz CT molecular complexity index is 443. The molecule has 0 amide bonds. The summed E-state index contributed by atoms with van der Waals surface area (Å²) in [6.07, 6.45) is 0.864. The van der Waals surface area contributed by atoms with Gasteiger partial charge in [-0.3, -0.25) is 9.59 Å². The summed E-state index contributed by atoms with van der Waals surface area (Å²) >= 11 is 3.31. The minimum atomic E-state index is -0.263. The summed E-state index contributed by atoms with van der Waals surface area (Å²) in [5, 5.41) is 0. The summed E-state index contributed by atoms with van der Waals surface area (Å²) in [4.78, 5) is 22.3. The number of Topliss-reactive ketones (excluding diaryl/α,β-unsaturated/α-hetero) is 1. The van der Waals surface area contributed by atoms with Gasteiger partial charge in [0.25, 0.3) is 0 Å². The molecule has 1 aromatic rings. The molecule has 0 N–H and O–H groups in total. The number of esters is 1. The lowest BCUT2D eigenvalue weighted by molar-refractivity contribution is -0.140. The molecule has 18 heavy (non-hydrogen) atoms. The molecular weight excluding hydrogens is 300 g/mol. The standard InChI is InChI=1S/C13H15BrO4/c1-9(15)11-8-10(14)5-6-12(11)18-7-3-4-13(16)17-2/h5-6,8H,3-4,7H2,1-2H3. The molecule has 1 rings (SSSR count). The zero-order valence-corrected chi connectivity index (χ0v) is 12.0. The molecule has 0 atom stereocenters. The van der Waals surface area contributed by atoms with Crippen LogP contribution in [0.4, 0.5) is 0 Å². The average molecular weight is 315 g/mol. The van der Waals surface area contributed by atoms with Gasteiger partial charge in [0.15, 0.2) is 5.78 Å². The number of ether oxygens (including phenoxy) is 2. The average Bonchev–Trinajstić information content (AvgIpc) is 2.35. The van der Waals surface area contributed by atoms with Crippen molar-refractivity contribution in [3.8, 4) is 5.75 Å². The number of ketones is 1. The Balaban J connectivity index is 2.56. The molecule has 1 aromatic carbocycles. The van der Waals surface area contributed by atoms with Crippen molar-refractivity contribution in [1.82, 2.24) is 0 Å². The van der Waals surface area contributed by atoms with E-state index in [0.29, 0.717) is 30.8 Å². The fourth-order valence-corrected chi connectivity index (χ4v) is 1.76. The smallest absolute Gasteiger partial charge is 0.305 e. The van der Waals surface area contributed by atoms with Gasteiger partial charge >= 0.3 is 5.97 Å². The maximum Gasteiger partial charge on any atom is 0.305 e. The lowest BCUT2D eigenvalue weighted by atomic mass is 10.1. The van der Waals surface area contributed by atoms with Crippen molar-refractivity contribution in [1.29, 1.82) is 0 Å². The van der Waals surface area contributed by atoms with Gasteiger partial charge in [0.05, 0.1) is 19.3 Å². The van der Waals surface area contributed by atoms with Crippen molar-refractivity contribution in [2.75, 3.05) is 13.7 Å². The molecule has 0 radical (unpaired) electrons. The third-order valence-electron chi connectivity index (χ3n) is 2.33. The number of hydrogen-bond acceptors (Lipinski definition) is 4. The Labute approximate surface area is 114 Å². The van der Waals surface area contributed by atoms with E-state index >= 15 is 0 Å². The fourth-order valence-electron chi connectivity index (χ4n) is 1.40. The van der Waals surface area contributed by atoms with E-state index in [9.17, 15) is 9.59 Å². The second-order valence-electron chi connectivity index (χ2n) is 3.72. The highest BCUT2D eigenvalue weighted by Gasteiger charge is 2.09. The molecule has 0 spiro atoms. The summed E-state index contributed by atoms with van der Waals surface area (Å²) < 4.78 is 10.9. The first-order valence-electron chi connectivity index (χ1n) is 5.54. The zero-order chi connectivity index (χ0) is 13.5. The Hall–Kier alpha value is -1.36. The molecule has 5 heteroatoms. The predicted octanol–water partition coefficient (Wildman–Crippen LogP) is 2.98. The van der Waals surface area contributed by atoms with Crippen LogP contribution in [0.3, 0.4) is 0 Å². The van der Waals surface area contributed by atoms with Crippen LogP contribution in [0.15, 0.2) is 22.7 Å². The largest absolute Gasteiger partial charge is 0.493 e. The molecule has 0 saturated heterocycles. The summed E-state index contributed by atoms with van der Waals surface area (Å²) in [7, 11) is 1.35. The highest BCUT2D eigenvalue weighted by Crippen LogP contribution is 2.23. The van der Waals surface area contributed by atoms with Crippen molar-refractivity contribution in [3.05, 3.63) is 28.2 Å². The lowest BCUT2D eigenvalue weighted by Crippen LogP contribution is -2.06. The maximum atomic E-state index is 11.4. The molecule has 0 aliphatic heterocycles. The van der Waals surface area contributed by atoms with Crippen LogP contribution in [0.5, 0.6) is 5.75 Å². The number of halogens is 1. The molecule has 4 nitrogen and oxygen atoms in total. The van der Waals surface area contributed by atoms with Crippen LogP contribution in [0.25, 0.3) is 0 Å². The second-order valence-corrected chi connectivity index (χ2v) is 4.64. The molecule has 0 aliphatic rings. The summed E-state index contributed by atoms with van der Waals surface area (Å²) in [5.41, 5.74) is 0.530. The highest BCUT2D eigenvalue weighted by atomic mass is 79.9. The molecule has 0 saturated carbocycles. The predicted molar refractivity (Wildman–Crippen MR) is 70.9 cm³/mol. The maximum absolute atomic E-state index is 11.4. The third kappa shape index (κ3) is 4.49. The van der Waals surface area contributed by atoms with Gasteiger partial charge in [0.1, 0.15) is 5.75 Å². The number of rotatable bonds is 6. The van der Waals surface area contributed by atoms with E-state index in [1.54, 1.807) is 12.1 Å². The van der Waals surface area contributed by atoms with Crippen molar-refractivity contribution in [2.24, 2.45) is 0 Å². The van der Waals surface area contributed by atoms with Crippen molar-refractivity contribution < 1.29 is 19.1 Å². The Morgan fingerprint density at radius 1 is 1.33 bits per heavy atom. The summed E-state index contributed by atoms with van der Waals surface area (Å²) in [6, 6.07) is 5.26. The van der Waals surface area contributed by atoms with Crippen LogP contribution in [0.1, 0.15) is 30.1 Å². The van der Waals surface area contributed by atoms with Crippen LogP contribution in [0.2, 0.25) is 0 Å². The van der Waals surface area contributed by atoms with E-state index in [-0.39, 0.29) is 11.8 Å². The summed E-state index contributed by atoms with van der Waals surface area (Å²) in [5.74, 6) is 0.219. The van der Waals surface area contributed by atoms with Crippen molar-refractivity contribution >= 4 is 27.7 Å². The minimum absolute atomic E-state index is 0.0562. The van der Waals surface area contributed by atoms with E-state index in [1.807, 2.05) is 6.07 Å². The number of methoxy groups -OCH3 is 1. The molecule has 0 fully saturated rings. The van der Waals surface area contributed by atoms with Crippen molar-refractivity contribution in [3.63, 3.8) is 0 Å². The highest BCUT2D eigenvalue weighted by molar-refractivity contribution is 9.10. The zero-order valence-electron chi connectivity index (χ0n) is 10.4. The molecule has 0 aromatic heterocycles. The number of hydrogen-bond donors (Lipinski definition) is 0. The van der Waals surface area contributed by atoms with Crippen LogP contribution in [0, 0.1) is 0 Å². The molecule has 0 heterocycles. The van der Waals surface area contributed by atoms with Crippen LogP contribution < -0.4 is 4.74 Å². The SMILES string of the molecule is COC(=O)CCCOc1ccc(Br)cc1C(C)=O. The van der Waals surface area contributed by atoms with Crippen molar-refractivity contribution in [2.45, 2.75) is 19.8 Å². The molecule has 0 aliphatic carbocycles. The third-order valence-corrected chi connectivity index (χ3v) is 2.82. The molecular formula is C13H15BrO4. The number of carbonyl (C=O) groups excluding carboxylic acids is 2. The Morgan fingerprint density at radius 2 is 2.06 bits per heavy atom. The van der Waals surface area contributed by atoms with Gasteiger partial charge in [0.2, 0.25) is 0 Å². The second kappa shape index (κ2) is 7.16. The normalized spacial score (nSPS) is 9.94. The van der Waals surface area contributed by atoms with Gasteiger partial charge in [-0.05, 0) is 31.5 Å². The first-order chi connectivity index (χ1) is 8.54. The molecule has 0 unspecified atom stereocenters. The Kier molecular flexibility index (Phi) is 5.85. The first-order valence-corrected chi connectivity index (χ1v) is 6.34. The van der Waals surface area contributed by atoms with E-state index in [1.165, 1.54) is 14.0 Å². The van der Waals surface area contributed by atoms with E-state index in [2.05, 4.69) is 20.7 Å². The van der Waals surface area contributed by atoms with Crippen LogP contribution >= 0.6 is 15.9 Å². The van der Waals surface area contributed by atoms with Crippen LogP contribution in [-0.4, -0.2) is 25.5 Å². The Morgan fingerprint density at radius 3 is 2.67 bits per heavy atom. The van der Waals surface area contributed by atoms with Gasteiger partial charge < -0.3 is 9.47 Å².